The third kappa shape index (κ3) is 8.57. The summed E-state index contributed by atoms with van der Waals surface area (Å²) >= 11 is 1.52. The highest BCUT2D eigenvalue weighted by Gasteiger charge is 2.23. The van der Waals surface area contributed by atoms with Crippen molar-refractivity contribution < 1.29 is 4.79 Å². The molecule has 2 aromatic carbocycles. The van der Waals surface area contributed by atoms with E-state index in [1.54, 1.807) is 0 Å². The first-order valence-corrected chi connectivity index (χ1v) is 14.7. The number of carbonyl (C=O) groups is 1. The van der Waals surface area contributed by atoms with Crippen LogP contribution in [-0.4, -0.2) is 50.9 Å². The Kier molecular flexibility index (Phi) is 12.3. The Morgan fingerprint density at radius 2 is 1.69 bits per heavy atom. The summed E-state index contributed by atoms with van der Waals surface area (Å²) in [4.78, 5) is 24.7. The minimum Gasteiger partial charge on any atom is -0.369 e. The second kappa shape index (κ2) is 15.9. The van der Waals surface area contributed by atoms with E-state index in [2.05, 4.69) is 76.7 Å². The lowest BCUT2D eigenvalue weighted by Crippen LogP contribution is -2.43. The second-order valence-electron chi connectivity index (χ2n) is 9.04. The fourth-order valence-corrected chi connectivity index (χ4v) is 5.24. The summed E-state index contributed by atoms with van der Waals surface area (Å²) in [6.45, 7) is 15.0. The number of thioether (sulfide) groups is 1. The average Bonchev–Trinajstić information content (AvgIpc) is 3.27. The molecule has 4 rings (SSSR count). The van der Waals surface area contributed by atoms with E-state index in [4.69, 9.17) is 0 Å². The summed E-state index contributed by atoms with van der Waals surface area (Å²) in [6.07, 6.45) is 12.0. The van der Waals surface area contributed by atoms with Crippen molar-refractivity contribution in [3.63, 3.8) is 0 Å². The Morgan fingerprint density at radius 1 is 1.00 bits per heavy atom. The van der Waals surface area contributed by atoms with Gasteiger partial charge in [-0.15, -0.1) is 0 Å². The molecule has 206 valence electrons. The molecule has 39 heavy (non-hydrogen) atoms. The topological polar surface area (TPSA) is 47.9 Å². The number of amides is 1. The normalized spacial score (nSPS) is 15.7. The second-order valence-corrected chi connectivity index (χ2v) is 10.1. The van der Waals surface area contributed by atoms with Gasteiger partial charge in [-0.1, -0.05) is 85.8 Å². The maximum Gasteiger partial charge on any atom is 0.265 e. The Hall–Kier alpha value is -3.35. The number of anilines is 2. The molecule has 1 saturated heterocycles. The molecule has 0 bridgehead atoms. The van der Waals surface area contributed by atoms with Crippen molar-refractivity contribution >= 4 is 39.7 Å². The molecular weight excluding hydrogens is 500 g/mol. The van der Waals surface area contributed by atoms with Gasteiger partial charge >= 0.3 is 0 Å². The van der Waals surface area contributed by atoms with Gasteiger partial charge in [0.15, 0.2) is 0 Å². The van der Waals surface area contributed by atoms with Gasteiger partial charge < -0.3 is 15.1 Å². The molecule has 5 nitrogen and oxygen atoms in total. The first-order chi connectivity index (χ1) is 19.1. The fraction of sp³-hybridized carbons (Fsp3) is 0.333. The van der Waals surface area contributed by atoms with E-state index >= 15 is 0 Å². The van der Waals surface area contributed by atoms with Gasteiger partial charge in [0, 0.05) is 42.5 Å². The van der Waals surface area contributed by atoms with Crippen molar-refractivity contribution in [3.8, 4) is 0 Å². The number of nitrogens with one attached hydrogen (secondary N) is 1. The summed E-state index contributed by atoms with van der Waals surface area (Å²) in [5.41, 5.74) is 5.27. The average molecular weight is 543 g/mol. The maximum absolute atomic E-state index is 14.1. The highest BCUT2D eigenvalue weighted by atomic mass is 32.2. The van der Waals surface area contributed by atoms with Gasteiger partial charge in [-0.3, -0.25) is 9.79 Å². The summed E-state index contributed by atoms with van der Waals surface area (Å²) in [7, 11) is 0. The van der Waals surface area contributed by atoms with E-state index in [1.807, 2.05) is 63.0 Å². The highest BCUT2D eigenvalue weighted by molar-refractivity contribution is 8.12. The molecule has 1 amide bonds. The van der Waals surface area contributed by atoms with E-state index in [1.165, 1.54) is 23.0 Å². The van der Waals surface area contributed by atoms with Gasteiger partial charge in [-0.05, 0) is 56.7 Å². The minimum absolute atomic E-state index is 0.0257. The van der Waals surface area contributed by atoms with Crippen LogP contribution in [-0.2, 0) is 4.79 Å². The Morgan fingerprint density at radius 3 is 2.33 bits per heavy atom. The third-order valence-electron chi connectivity index (χ3n) is 6.44. The number of rotatable bonds is 8. The number of benzene rings is 2. The zero-order chi connectivity index (χ0) is 28.0. The van der Waals surface area contributed by atoms with Crippen LogP contribution in [0.25, 0.3) is 4.91 Å². The first kappa shape index (κ1) is 30.2. The number of piperazine rings is 1. The van der Waals surface area contributed by atoms with Crippen LogP contribution in [0.1, 0.15) is 38.8 Å². The lowest BCUT2D eigenvalue weighted by molar-refractivity contribution is -0.114. The van der Waals surface area contributed by atoms with E-state index in [0.717, 1.165) is 48.0 Å². The monoisotopic (exact) mass is 542 g/mol. The Balaban J connectivity index is 0.00000205. The van der Waals surface area contributed by atoms with E-state index in [9.17, 15) is 4.79 Å². The predicted octanol–water partition coefficient (Wildman–Crippen LogP) is 7.03. The predicted molar refractivity (Wildman–Crippen MR) is 172 cm³/mol. The standard InChI is InChI=1S/C31H36N4OS.C2H6/c1-4-29(25-12-10-24(3)11-13-25)37-30(5-2)31(36)35(23-26-9-7-6-8-18-33-26)28-16-14-27(15-17-28)34-21-19-32-20-22-34;1-2/h4-17,32H,18-23H2,1-3H3;1-2H3/b29-4-,30-5+;. The molecule has 0 saturated carbocycles. The molecule has 1 fully saturated rings. The van der Waals surface area contributed by atoms with Gasteiger partial charge in [0.1, 0.15) is 0 Å². The molecule has 0 aliphatic carbocycles. The summed E-state index contributed by atoms with van der Waals surface area (Å²) in [5, 5.41) is 3.40. The molecule has 6 heteroatoms. The number of aliphatic imine (C=N–C) groups is 1. The molecule has 2 aliphatic heterocycles. The summed E-state index contributed by atoms with van der Waals surface area (Å²) in [5.74, 6) is -0.0257. The molecule has 2 heterocycles. The summed E-state index contributed by atoms with van der Waals surface area (Å²) in [6, 6.07) is 16.8. The molecule has 2 aromatic rings. The third-order valence-corrected chi connectivity index (χ3v) is 7.76. The number of aryl methyl sites for hydroxylation is 1. The van der Waals surface area contributed by atoms with Crippen LogP contribution in [0.4, 0.5) is 11.4 Å². The number of allylic oxidation sites excluding steroid dienone is 4. The number of hydrogen-bond donors (Lipinski definition) is 1. The van der Waals surface area contributed by atoms with Gasteiger partial charge in [-0.2, -0.15) is 0 Å². The first-order valence-electron chi connectivity index (χ1n) is 13.9. The quantitative estimate of drug-likeness (QED) is 0.364. The number of nitrogens with zero attached hydrogens (tertiary/aromatic N) is 3. The van der Waals surface area contributed by atoms with Crippen molar-refractivity contribution in [1.29, 1.82) is 0 Å². The summed E-state index contributed by atoms with van der Waals surface area (Å²) < 4.78 is 0. The van der Waals surface area contributed by atoms with Crippen molar-refractivity contribution in [2.75, 3.05) is 49.1 Å². The number of hydrogen-bond acceptors (Lipinski definition) is 5. The van der Waals surface area contributed by atoms with Crippen LogP contribution in [0.5, 0.6) is 0 Å². The van der Waals surface area contributed by atoms with Gasteiger partial charge in [0.05, 0.1) is 23.7 Å². The Bertz CT molecular complexity index is 1220. The maximum atomic E-state index is 14.1. The van der Waals surface area contributed by atoms with E-state index < -0.39 is 0 Å². The zero-order valence-electron chi connectivity index (χ0n) is 24.0. The van der Waals surface area contributed by atoms with Gasteiger partial charge in [0.2, 0.25) is 0 Å². The van der Waals surface area contributed by atoms with Crippen LogP contribution in [0.3, 0.4) is 0 Å². The van der Waals surface area contributed by atoms with Gasteiger partial charge in [0.25, 0.3) is 5.91 Å². The Labute approximate surface area is 239 Å². The largest absolute Gasteiger partial charge is 0.369 e. The SMILES string of the molecule is C/C=C(\S/C(=C/C)C(=O)N(CC1=NCC=CC=C1)c1ccc(N2CCNCC2)cc1)c1ccc(C)cc1.CC. The molecule has 0 unspecified atom stereocenters. The van der Waals surface area contributed by atoms with Gasteiger partial charge in [-0.25, -0.2) is 0 Å². The van der Waals surface area contributed by atoms with Crippen LogP contribution in [0, 0.1) is 6.92 Å². The van der Waals surface area contributed by atoms with E-state index in [0.29, 0.717) is 18.0 Å². The number of carbonyl (C=O) groups excluding carboxylic acids is 1. The van der Waals surface area contributed by atoms with Crippen LogP contribution in [0.15, 0.2) is 94.9 Å². The molecule has 0 atom stereocenters. The van der Waals surface area contributed by atoms with Crippen molar-refractivity contribution in [3.05, 3.63) is 101 Å². The molecule has 0 spiro atoms. The van der Waals surface area contributed by atoms with Crippen LogP contribution < -0.4 is 15.1 Å². The molecular formula is C33H42N4OS. The zero-order valence-corrected chi connectivity index (χ0v) is 24.8. The lowest BCUT2D eigenvalue weighted by Gasteiger charge is -2.30. The smallest absolute Gasteiger partial charge is 0.265 e. The highest BCUT2D eigenvalue weighted by Crippen LogP contribution is 2.35. The van der Waals surface area contributed by atoms with Crippen molar-refractivity contribution in [2.24, 2.45) is 4.99 Å². The fourth-order valence-electron chi connectivity index (χ4n) is 4.32. The van der Waals surface area contributed by atoms with Crippen LogP contribution in [0.2, 0.25) is 0 Å². The molecule has 1 N–H and O–H groups in total. The molecule has 0 radical (unpaired) electrons. The van der Waals surface area contributed by atoms with Crippen LogP contribution >= 0.6 is 11.8 Å². The van der Waals surface area contributed by atoms with Crippen molar-refractivity contribution in [1.82, 2.24) is 5.32 Å². The minimum atomic E-state index is -0.0257. The lowest BCUT2D eigenvalue weighted by atomic mass is 10.1. The molecule has 0 aromatic heterocycles. The van der Waals surface area contributed by atoms with Crippen molar-refractivity contribution in [2.45, 2.75) is 34.6 Å². The molecule has 2 aliphatic rings. The van der Waals surface area contributed by atoms with E-state index in [-0.39, 0.29) is 5.91 Å².